The minimum absolute atomic E-state index is 0.0238. The Morgan fingerprint density at radius 2 is 0.611 bits per heavy atom. The molecule has 5 aromatic carbocycles. The lowest BCUT2D eigenvalue weighted by Gasteiger charge is -2.30. The van der Waals surface area contributed by atoms with Crippen molar-refractivity contribution in [3.05, 3.63) is 159 Å². The van der Waals surface area contributed by atoms with E-state index in [2.05, 4.69) is 9.47 Å². The Kier molecular flexibility index (Phi) is 39.1. The number of carbonyl (C=O) groups is 10. The molecule has 23 nitrogen and oxygen atoms in total. The van der Waals surface area contributed by atoms with E-state index in [0.717, 1.165) is 144 Å². The summed E-state index contributed by atoms with van der Waals surface area (Å²) in [5.74, 6) is -49.6. The lowest BCUT2D eigenvalue weighted by molar-refractivity contribution is -0.338. The predicted molar refractivity (Wildman–Crippen MR) is 431 cm³/mol. The summed E-state index contributed by atoms with van der Waals surface area (Å²) >= 11 is 0. The van der Waals surface area contributed by atoms with Crippen LogP contribution in [0.25, 0.3) is 0 Å². The van der Waals surface area contributed by atoms with Gasteiger partial charge >= 0.3 is 59.5 Å². The molecular weight excluding hydrogens is 1770 g/mol. The number of aliphatic carboxylic acids is 5. The monoisotopic (exact) mass is 1880 g/mol. The van der Waals surface area contributed by atoms with E-state index in [1.165, 1.54) is 93.5 Å². The van der Waals surface area contributed by atoms with E-state index in [0.29, 0.717) is 24.0 Å². The molecule has 5 unspecified atom stereocenters. The summed E-state index contributed by atoms with van der Waals surface area (Å²) in [6.07, 6.45) is 0.426. The van der Waals surface area contributed by atoms with Gasteiger partial charge in [-0.1, -0.05) is 110 Å². The van der Waals surface area contributed by atoms with Gasteiger partial charge < -0.3 is 87.4 Å². The summed E-state index contributed by atoms with van der Waals surface area (Å²) in [4.78, 5) is 115. The van der Waals surface area contributed by atoms with E-state index in [1.54, 1.807) is 20.8 Å². The second-order valence-corrected chi connectivity index (χ2v) is 37.1. The Bertz CT molecular complexity index is 4800. The highest BCUT2D eigenvalue weighted by atomic mass is 19.3. The van der Waals surface area contributed by atoms with Crippen molar-refractivity contribution in [2.45, 2.75) is 298 Å². The van der Waals surface area contributed by atoms with Crippen molar-refractivity contribution in [2.75, 3.05) is 0 Å². The van der Waals surface area contributed by atoms with Gasteiger partial charge in [0.05, 0.1) is 27.8 Å². The summed E-state index contributed by atoms with van der Waals surface area (Å²) in [5, 5.41) is 53.4. The third kappa shape index (κ3) is 32.0. The number of carbonyl (C=O) groups excluding carboxylic acids is 10. The second-order valence-electron chi connectivity index (χ2n) is 37.1. The van der Waals surface area contributed by atoms with Gasteiger partial charge in [0.15, 0.2) is 65.2 Å². The normalized spacial score (nSPS) is 16.1. The standard InChI is InChI=1S/C20H25F3O4.2C19H23F3O5.C18H23F3O4.C17H21F3O5/c1-12(2)16(20(22,23)18(25)26)27-17(24)15-7-6-14(21)10-13(15)11-19(3)8-4-5-9-19;1-11(2)15(19(21,22)17(24)25)26-16(23)12-6-7-14(13(20)10-12)27-18(3)8-4-5-9-18;1-11(2)15(19(21,22)17(24)25)26-16(23)12-6-7-13(20)14(10-12)27-18(3)8-4-5-9-18;1-10(2)14(18(20,21)16(23)24)25-15(22)13-7-6-12(19)8-11(13)9-17(3,4)5;1-9(2)13(17(19,20)15(22)23)24-14(21)10-6-7-11(18)12(8-10)25-16(3,4)5/h6-7,10,12,16H,4-5,8-9,11H2,1-3H3,(H,25,26);2*6-7,10-11,15H,4-5,8-9H2,1-3H3,(H,24,25);6-8,10,14H,9H2,1-5H3,(H,23,24);6-9,13H,1-5H3,(H,22,23)/p-5. The highest BCUT2D eigenvalue weighted by Gasteiger charge is 2.52. The van der Waals surface area contributed by atoms with Crippen LogP contribution in [0.15, 0.2) is 91.0 Å². The molecule has 8 rings (SSSR count). The van der Waals surface area contributed by atoms with Crippen LogP contribution < -0.4 is 39.7 Å². The average Bonchev–Trinajstić information content (AvgIpc) is 1.57. The van der Waals surface area contributed by atoms with Crippen LogP contribution >= 0.6 is 0 Å². The van der Waals surface area contributed by atoms with Crippen LogP contribution in [0.4, 0.5) is 65.9 Å². The van der Waals surface area contributed by atoms with Crippen molar-refractivity contribution in [1.29, 1.82) is 0 Å². The molecule has 0 aliphatic heterocycles. The molecule has 3 aliphatic carbocycles. The van der Waals surface area contributed by atoms with Gasteiger partial charge in [-0.2, -0.15) is 43.9 Å². The molecule has 3 aliphatic rings. The molecule has 131 heavy (non-hydrogen) atoms. The predicted octanol–water partition coefficient (Wildman–Crippen LogP) is 15.3. The second kappa shape index (κ2) is 45.5. The van der Waals surface area contributed by atoms with Crippen LogP contribution in [0, 0.1) is 69.5 Å². The highest BCUT2D eigenvalue weighted by Crippen LogP contribution is 2.44. The van der Waals surface area contributed by atoms with Gasteiger partial charge in [-0.25, -0.2) is 45.9 Å². The topological polar surface area (TPSA) is 360 Å². The van der Waals surface area contributed by atoms with Gasteiger partial charge in [-0.05, 0) is 254 Å². The molecule has 730 valence electrons. The minimum atomic E-state index is -4.37. The fraction of sp³-hybridized carbons (Fsp3) is 0.570. The Morgan fingerprint density at radius 1 is 0.336 bits per heavy atom. The van der Waals surface area contributed by atoms with Gasteiger partial charge in [0.25, 0.3) is 0 Å². The summed E-state index contributed by atoms with van der Waals surface area (Å²) in [6.45, 7) is 29.2. The largest absolute Gasteiger partial charge is 0.544 e. The first-order valence-electron chi connectivity index (χ1n) is 41.9. The van der Waals surface area contributed by atoms with E-state index in [1.807, 2.05) is 41.5 Å². The lowest BCUT2D eigenvalue weighted by Crippen LogP contribution is -2.53. The number of ether oxygens (including phenoxy) is 8. The Hall–Kier alpha value is -10.9. The van der Waals surface area contributed by atoms with Crippen molar-refractivity contribution < 1.29 is 177 Å². The van der Waals surface area contributed by atoms with Crippen LogP contribution in [0.1, 0.15) is 272 Å². The maximum absolute atomic E-state index is 14.3. The zero-order chi connectivity index (χ0) is 100. The number of carboxylic acid groups (broad SMARTS) is 5. The summed E-state index contributed by atoms with van der Waals surface area (Å²) < 4.78 is 248. The number of halogens is 15. The van der Waals surface area contributed by atoms with Crippen molar-refractivity contribution in [3.63, 3.8) is 0 Å². The SMILES string of the molecule is CC(C)C(OC(=O)c1ccc(F)c(OC(C)(C)C)c1)C(F)(F)C(=O)[O-].CC(C)C(OC(=O)c1ccc(F)c(OC2(C)CCCC2)c1)C(F)(F)C(=O)[O-].CC(C)C(OC(=O)c1ccc(F)cc1CC(C)(C)C)C(F)(F)C(=O)[O-].CC(C)C(OC(=O)c1ccc(F)cc1CC1(C)CCCC1)C(F)(F)C(=O)[O-].CC(C)C(OC(=O)c1ccc(OC2(C)CCCC2)c(F)c1)C(F)(F)C(=O)[O-]. The van der Waals surface area contributed by atoms with Crippen molar-refractivity contribution >= 4 is 59.7 Å². The van der Waals surface area contributed by atoms with Crippen molar-refractivity contribution in [3.8, 4) is 17.2 Å². The number of esters is 5. The first-order chi connectivity index (χ1) is 59.9. The zero-order valence-corrected chi connectivity index (χ0v) is 75.9. The Labute approximate surface area is 749 Å². The number of rotatable bonds is 33. The van der Waals surface area contributed by atoms with Gasteiger partial charge in [0.1, 0.15) is 58.3 Å². The van der Waals surface area contributed by atoms with Gasteiger partial charge in [0.2, 0.25) is 0 Å². The minimum Gasteiger partial charge on any atom is -0.544 e. The number of hydrogen-bond acceptors (Lipinski definition) is 23. The van der Waals surface area contributed by atoms with Crippen LogP contribution in [0.5, 0.6) is 17.2 Å². The van der Waals surface area contributed by atoms with Gasteiger partial charge in [0, 0.05) is 0 Å². The molecule has 0 radical (unpaired) electrons. The maximum atomic E-state index is 14.3. The van der Waals surface area contributed by atoms with Crippen LogP contribution in [0.3, 0.4) is 0 Å². The molecule has 38 heteroatoms. The van der Waals surface area contributed by atoms with E-state index in [-0.39, 0.29) is 55.9 Å². The maximum Gasteiger partial charge on any atom is 0.338 e. The van der Waals surface area contributed by atoms with Crippen LogP contribution in [-0.2, 0) is 60.5 Å². The van der Waals surface area contributed by atoms with Gasteiger partial charge in [-0.3, -0.25) is 0 Å². The molecule has 3 fully saturated rings. The number of alkyl halides is 10. The molecule has 0 N–H and O–H groups in total. The smallest absolute Gasteiger partial charge is 0.338 e. The summed E-state index contributed by atoms with van der Waals surface area (Å²) in [6, 6.07) is 16.1. The lowest BCUT2D eigenvalue weighted by atomic mass is 9.81. The average molecular weight is 1880 g/mol. The molecule has 0 bridgehead atoms. The molecule has 0 saturated heterocycles. The van der Waals surface area contributed by atoms with Crippen LogP contribution in [0.2, 0.25) is 0 Å². The molecule has 5 atom stereocenters. The molecule has 3 saturated carbocycles. The highest BCUT2D eigenvalue weighted by molar-refractivity contribution is 5.94. The Morgan fingerprint density at radius 3 is 0.916 bits per heavy atom. The van der Waals surface area contributed by atoms with Gasteiger partial charge in [-0.15, -0.1) is 0 Å². The first-order valence-corrected chi connectivity index (χ1v) is 41.9. The number of benzene rings is 5. The van der Waals surface area contributed by atoms with E-state index in [4.69, 9.17) is 28.4 Å². The van der Waals surface area contributed by atoms with E-state index in [9.17, 15) is 139 Å². The number of carboxylic acids is 5. The summed E-state index contributed by atoms with van der Waals surface area (Å²) in [5.41, 5.74) is -2.41. The van der Waals surface area contributed by atoms with E-state index < -0.39 is 195 Å². The molecule has 0 heterocycles. The summed E-state index contributed by atoms with van der Waals surface area (Å²) in [7, 11) is 0. The third-order valence-corrected chi connectivity index (χ3v) is 21.0. The molecular formula is C93H110F15O23-5. The fourth-order valence-electron chi connectivity index (χ4n) is 14.3. The molecule has 0 amide bonds. The number of hydrogen-bond donors (Lipinski definition) is 0. The molecule has 0 spiro atoms. The fourth-order valence-corrected chi connectivity index (χ4v) is 14.3. The first kappa shape index (κ1) is 112. The molecule has 0 aromatic heterocycles. The third-order valence-electron chi connectivity index (χ3n) is 21.0. The van der Waals surface area contributed by atoms with E-state index >= 15 is 0 Å². The molecule has 5 aromatic rings. The van der Waals surface area contributed by atoms with Crippen molar-refractivity contribution in [2.24, 2.45) is 40.4 Å². The quantitative estimate of drug-likeness (QED) is 0.0214. The zero-order valence-electron chi connectivity index (χ0n) is 75.9. The Balaban J connectivity index is 0.000000343. The van der Waals surface area contributed by atoms with Crippen molar-refractivity contribution in [1.82, 2.24) is 0 Å². The van der Waals surface area contributed by atoms with Crippen LogP contribution in [-0.4, -0.2) is 137 Å².